The Balaban J connectivity index is 1.98. The highest BCUT2D eigenvalue weighted by Crippen LogP contribution is 2.11. The van der Waals surface area contributed by atoms with Gasteiger partial charge in [-0.05, 0) is 6.42 Å². The van der Waals surface area contributed by atoms with E-state index in [1.54, 1.807) is 19.1 Å². The molecule has 0 radical (unpaired) electrons. The standard InChI is InChI=1S/C10H16N4O3/c1-12-7-11-14(10(12)16)6-9(15)13-4-3-8(5-13)17-2/h7-8H,3-6H2,1-2H3/t8-/m1/s1. The van der Waals surface area contributed by atoms with E-state index < -0.39 is 0 Å². The summed E-state index contributed by atoms with van der Waals surface area (Å²) in [7, 11) is 3.25. The Bertz CT molecular complexity index is 464. The second kappa shape index (κ2) is 4.70. The number of carbonyl (C=O) groups is 1. The normalized spacial score (nSPS) is 19.9. The second-order valence-corrected chi connectivity index (χ2v) is 4.17. The minimum absolute atomic E-state index is 0.00386. The molecule has 0 spiro atoms. The van der Waals surface area contributed by atoms with Crippen LogP contribution in [0.25, 0.3) is 0 Å². The van der Waals surface area contributed by atoms with Crippen LogP contribution in [0.1, 0.15) is 6.42 Å². The maximum Gasteiger partial charge on any atom is 0.345 e. The average Bonchev–Trinajstić information content (AvgIpc) is 2.91. The fraction of sp³-hybridized carbons (Fsp3) is 0.700. The number of methoxy groups -OCH3 is 1. The van der Waals surface area contributed by atoms with E-state index >= 15 is 0 Å². The summed E-state index contributed by atoms with van der Waals surface area (Å²) in [5, 5.41) is 3.85. The van der Waals surface area contributed by atoms with Crippen LogP contribution in [0.5, 0.6) is 0 Å². The minimum atomic E-state index is -0.277. The Morgan fingerprint density at radius 2 is 2.41 bits per heavy atom. The molecule has 7 nitrogen and oxygen atoms in total. The first-order chi connectivity index (χ1) is 8.11. The van der Waals surface area contributed by atoms with E-state index in [-0.39, 0.29) is 24.2 Å². The summed E-state index contributed by atoms with van der Waals surface area (Å²) in [5.41, 5.74) is -0.277. The lowest BCUT2D eigenvalue weighted by molar-refractivity contribution is -0.131. The van der Waals surface area contributed by atoms with Crippen LogP contribution in [-0.4, -0.2) is 51.5 Å². The molecule has 1 saturated heterocycles. The third-order valence-corrected chi connectivity index (χ3v) is 3.00. The van der Waals surface area contributed by atoms with Gasteiger partial charge in [0.25, 0.3) is 0 Å². The number of likely N-dealkylation sites (tertiary alicyclic amines) is 1. The smallest absolute Gasteiger partial charge is 0.345 e. The van der Waals surface area contributed by atoms with Gasteiger partial charge in [0, 0.05) is 27.2 Å². The molecule has 1 aliphatic rings. The van der Waals surface area contributed by atoms with Crippen LogP contribution < -0.4 is 5.69 Å². The minimum Gasteiger partial charge on any atom is -0.380 e. The molecule has 0 bridgehead atoms. The van der Waals surface area contributed by atoms with E-state index in [0.29, 0.717) is 13.1 Å². The van der Waals surface area contributed by atoms with Gasteiger partial charge in [-0.25, -0.2) is 9.48 Å². The number of carbonyl (C=O) groups excluding carboxylic acids is 1. The van der Waals surface area contributed by atoms with Gasteiger partial charge in [-0.3, -0.25) is 9.36 Å². The van der Waals surface area contributed by atoms with E-state index in [2.05, 4.69) is 5.10 Å². The fourth-order valence-corrected chi connectivity index (χ4v) is 1.90. The van der Waals surface area contributed by atoms with Gasteiger partial charge in [0.15, 0.2) is 0 Å². The lowest BCUT2D eigenvalue weighted by Crippen LogP contribution is -2.36. The summed E-state index contributed by atoms with van der Waals surface area (Å²) < 4.78 is 7.70. The van der Waals surface area contributed by atoms with Crippen LogP contribution in [0, 0.1) is 0 Å². The lowest BCUT2D eigenvalue weighted by atomic mass is 10.3. The first kappa shape index (κ1) is 11.8. The average molecular weight is 240 g/mol. The predicted octanol–water partition coefficient (Wildman–Crippen LogP) is -1.17. The molecule has 94 valence electrons. The van der Waals surface area contributed by atoms with Crippen LogP contribution in [-0.2, 0) is 23.1 Å². The number of hydrogen-bond acceptors (Lipinski definition) is 4. The van der Waals surface area contributed by atoms with Crippen molar-refractivity contribution in [2.45, 2.75) is 19.1 Å². The van der Waals surface area contributed by atoms with Crippen molar-refractivity contribution in [3.05, 3.63) is 16.8 Å². The molecule has 1 aromatic heterocycles. The Kier molecular flexibility index (Phi) is 3.28. The van der Waals surface area contributed by atoms with Crippen molar-refractivity contribution in [3.8, 4) is 0 Å². The Labute approximate surface area is 98.6 Å². The SMILES string of the molecule is CO[C@@H]1CCN(C(=O)Cn2ncn(C)c2=O)C1. The van der Waals surface area contributed by atoms with Crippen LogP contribution in [0.15, 0.2) is 11.1 Å². The van der Waals surface area contributed by atoms with Crippen molar-refractivity contribution in [3.63, 3.8) is 0 Å². The zero-order valence-electron chi connectivity index (χ0n) is 10.00. The zero-order valence-corrected chi connectivity index (χ0v) is 10.00. The number of aromatic nitrogens is 3. The highest BCUT2D eigenvalue weighted by Gasteiger charge is 2.26. The highest BCUT2D eigenvalue weighted by atomic mass is 16.5. The summed E-state index contributed by atoms with van der Waals surface area (Å²) in [6.45, 7) is 1.27. The second-order valence-electron chi connectivity index (χ2n) is 4.17. The third kappa shape index (κ3) is 2.38. The van der Waals surface area contributed by atoms with E-state index in [1.165, 1.54) is 15.6 Å². The van der Waals surface area contributed by atoms with Crippen molar-refractivity contribution >= 4 is 5.91 Å². The first-order valence-electron chi connectivity index (χ1n) is 5.51. The van der Waals surface area contributed by atoms with Crippen LogP contribution in [0.4, 0.5) is 0 Å². The Morgan fingerprint density at radius 3 is 2.94 bits per heavy atom. The lowest BCUT2D eigenvalue weighted by Gasteiger charge is -2.15. The Morgan fingerprint density at radius 1 is 1.65 bits per heavy atom. The molecule has 0 aromatic carbocycles. The fourth-order valence-electron chi connectivity index (χ4n) is 1.90. The van der Waals surface area contributed by atoms with E-state index in [4.69, 9.17) is 4.74 Å². The van der Waals surface area contributed by atoms with Crippen LogP contribution >= 0.6 is 0 Å². The molecule has 0 N–H and O–H groups in total. The van der Waals surface area contributed by atoms with Gasteiger partial charge in [0.1, 0.15) is 12.9 Å². The van der Waals surface area contributed by atoms with Gasteiger partial charge in [0.2, 0.25) is 5.91 Å². The van der Waals surface area contributed by atoms with Crippen molar-refractivity contribution in [1.82, 2.24) is 19.2 Å². The number of ether oxygens (including phenoxy) is 1. The Hall–Kier alpha value is -1.63. The number of amides is 1. The molecule has 7 heteroatoms. The topological polar surface area (TPSA) is 69.4 Å². The van der Waals surface area contributed by atoms with Crippen LogP contribution in [0.3, 0.4) is 0 Å². The number of rotatable bonds is 3. The summed E-state index contributed by atoms with van der Waals surface area (Å²) in [6.07, 6.45) is 2.36. The third-order valence-electron chi connectivity index (χ3n) is 3.00. The number of aryl methyl sites for hydroxylation is 1. The number of nitrogens with zero attached hydrogens (tertiary/aromatic N) is 4. The molecule has 0 aliphatic carbocycles. The van der Waals surface area contributed by atoms with Gasteiger partial charge in [-0.2, -0.15) is 5.10 Å². The summed E-state index contributed by atoms with van der Waals surface area (Å²) >= 11 is 0. The van der Waals surface area contributed by atoms with E-state index in [1.807, 2.05) is 0 Å². The maximum absolute atomic E-state index is 11.9. The summed E-state index contributed by atoms with van der Waals surface area (Å²) in [6, 6.07) is 0. The number of hydrogen-bond donors (Lipinski definition) is 0. The van der Waals surface area contributed by atoms with E-state index in [9.17, 15) is 9.59 Å². The molecule has 2 heterocycles. The molecule has 1 fully saturated rings. The molecule has 1 aromatic rings. The molecule has 0 unspecified atom stereocenters. The van der Waals surface area contributed by atoms with Gasteiger partial charge in [-0.15, -0.1) is 0 Å². The molecule has 0 saturated carbocycles. The molecular weight excluding hydrogens is 224 g/mol. The van der Waals surface area contributed by atoms with Crippen molar-refractivity contribution in [2.75, 3.05) is 20.2 Å². The zero-order chi connectivity index (χ0) is 12.4. The largest absolute Gasteiger partial charge is 0.380 e. The van der Waals surface area contributed by atoms with Crippen LogP contribution in [0.2, 0.25) is 0 Å². The van der Waals surface area contributed by atoms with Crippen molar-refractivity contribution in [2.24, 2.45) is 7.05 Å². The summed E-state index contributed by atoms with van der Waals surface area (Å²) in [5.74, 6) is -0.0923. The monoisotopic (exact) mass is 240 g/mol. The molecule has 17 heavy (non-hydrogen) atoms. The quantitative estimate of drug-likeness (QED) is 0.667. The summed E-state index contributed by atoms with van der Waals surface area (Å²) in [4.78, 5) is 25.1. The van der Waals surface area contributed by atoms with Crippen molar-refractivity contribution in [1.29, 1.82) is 0 Å². The molecule has 1 aliphatic heterocycles. The highest BCUT2D eigenvalue weighted by molar-refractivity contribution is 5.76. The van der Waals surface area contributed by atoms with Gasteiger partial charge in [-0.1, -0.05) is 0 Å². The van der Waals surface area contributed by atoms with Gasteiger partial charge in [0.05, 0.1) is 6.10 Å². The van der Waals surface area contributed by atoms with Gasteiger partial charge < -0.3 is 9.64 Å². The molecule has 1 amide bonds. The van der Waals surface area contributed by atoms with Gasteiger partial charge >= 0.3 is 5.69 Å². The molecular formula is C10H16N4O3. The molecule has 1 atom stereocenters. The molecule has 2 rings (SSSR count). The van der Waals surface area contributed by atoms with E-state index in [0.717, 1.165) is 6.42 Å². The predicted molar refractivity (Wildman–Crippen MR) is 59.5 cm³/mol. The van der Waals surface area contributed by atoms with Crippen molar-refractivity contribution < 1.29 is 9.53 Å². The first-order valence-corrected chi connectivity index (χ1v) is 5.51. The maximum atomic E-state index is 11.9.